The smallest absolute Gasteiger partial charge is 0.246 e. The largest absolute Gasteiger partial charge is 0.379 e. The van der Waals surface area contributed by atoms with E-state index in [1.165, 1.54) is 0 Å². The highest BCUT2D eigenvalue weighted by Gasteiger charge is 2.48. The van der Waals surface area contributed by atoms with Gasteiger partial charge in [0.1, 0.15) is 12.1 Å². The van der Waals surface area contributed by atoms with E-state index < -0.39 is 6.04 Å². The van der Waals surface area contributed by atoms with E-state index in [1.54, 1.807) is 11.8 Å². The third kappa shape index (κ3) is 1.92. The number of hydrogen-bond acceptors (Lipinski definition) is 3. The maximum Gasteiger partial charge on any atom is 0.246 e. The van der Waals surface area contributed by atoms with Gasteiger partial charge in [0.25, 0.3) is 0 Å². The van der Waals surface area contributed by atoms with E-state index in [1.807, 2.05) is 13.8 Å². The van der Waals surface area contributed by atoms with Gasteiger partial charge in [-0.05, 0) is 26.7 Å². The van der Waals surface area contributed by atoms with Crippen LogP contribution in [-0.2, 0) is 14.3 Å². The zero-order chi connectivity index (χ0) is 12.6. The average molecular weight is 240 g/mol. The Hall–Kier alpha value is -1.10. The topological polar surface area (TPSA) is 58.6 Å². The molecule has 0 spiro atoms. The monoisotopic (exact) mass is 240 g/mol. The number of nitrogens with zero attached hydrogens (tertiary/aromatic N) is 1. The van der Waals surface area contributed by atoms with Gasteiger partial charge in [-0.25, -0.2) is 0 Å². The van der Waals surface area contributed by atoms with Gasteiger partial charge in [-0.2, -0.15) is 0 Å². The van der Waals surface area contributed by atoms with Crippen LogP contribution in [0.1, 0.15) is 33.6 Å². The van der Waals surface area contributed by atoms with Crippen molar-refractivity contribution in [2.24, 2.45) is 0 Å². The Labute approximate surface area is 101 Å². The van der Waals surface area contributed by atoms with E-state index in [4.69, 9.17) is 4.74 Å². The summed E-state index contributed by atoms with van der Waals surface area (Å²) in [5.41, 5.74) is -0.332. The van der Waals surface area contributed by atoms with E-state index >= 15 is 0 Å². The number of amides is 2. The second-order valence-corrected chi connectivity index (χ2v) is 5.15. The minimum Gasteiger partial charge on any atom is -0.379 e. The van der Waals surface area contributed by atoms with Gasteiger partial charge in [0.15, 0.2) is 0 Å². The fraction of sp³-hybridized carbons (Fsp3) is 0.833. The standard InChI is InChI=1S/C12H20N2O3/c1-4-9-11(16)14(8(2)10(15)13-9)12(3)5-6-17-7-12/h8-9H,4-7H2,1-3H3,(H,13,15). The Morgan fingerprint density at radius 3 is 2.76 bits per heavy atom. The summed E-state index contributed by atoms with van der Waals surface area (Å²) in [6.45, 7) is 6.87. The Bertz CT molecular complexity index is 337. The van der Waals surface area contributed by atoms with Crippen LogP contribution >= 0.6 is 0 Å². The molecule has 2 amide bonds. The molecule has 2 rings (SSSR count). The van der Waals surface area contributed by atoms with E-state index in [-0.39, 0.29) is 23.4 Å². The van der Waals surface area contributed by atoms with E-state index in [0.717, 1.165) is 6.42 Å². The van der Waals surface area contributed by atoms with Crippen molar-refractivity contribution in [1.29, 1.82) is 0 Å². The van der Waals surface area contributed by atoms with Crippen molar-refractivity contribution in [1.82, 2.24) is 10.2 Å². The molecule has 0 bridgehead atoms. The normalized spacial score (nSPS) is 38.4. The van der Waals surface area contributed by atoms with Crippen molar-refractivity contribution in [3.05, 3.63) is 0 Å². The fourth-order valence-electron chi connectivity index (χ4n) is 2.69. The molecule has 0 aromatic rings. The SMILES string of the molecule is CCC1NC(=O)C(C)N(C2(C)CCOC2)C1=O. The van der Waals surface area contributed by atoms with Gasteiger partial charge in [0.05, 0.1) is 12.1 Å². The maximum atomic E-state index is 12.4. The van der Waals surface area contributed by atoms with Crippen LogP contribution in [-0.4, -0.2) is 47.6 Å². The van der Waals surface area contributed by atoms with Crippen LogP contribution in [0.3, 0.4) is 0 Å². The second kappa shape index (κ2) is 4.29. The third-order valence-electron chi connectivity index (χ3n) is 3.81. The van der Waals surface area contributed by atoms with Crippen LogP contribution < -0.4 is 5.32 Å². The number of nitrogens with one attached hydrogen (secondary N) is 1. The minimum absolute atomic E-state index is 0.0209. The van der Waals surface area contributed by atoms with Crippen molar-refractivity contribution in [2.75, 3.05) is 13.2 Å². The molecule has 3 atom stereocenters. The highest BCUT2D eigenvalue weighted by atomic mass is 16.5. The quantitative estimate of drug-likeness (QED) is 0.755. The maximum absolute atomic E-state index is 12.4. The molecule has 0 radical (unpaired) electrons. The fourth-order valence-corrected chi connectivity index (χ4v) is 2.69. The summed E-state index contributed by atoms with van der Waals surface area (Å²) in [6.07, 6.45) is 1.43. The Balaban J connectivity index is 2.28. The zero-order valence-corrected chi connectivity index (χ0v) is 10.7. The average Bonchev–Trinajstić information content (AvgIpc) is 2.71. The number of carbonyl (C=O) groups excluding carboxylic acids is 2. The molecule has 3 unspecified atom stereocenters. The Morgan fingerprint density at radius 2 is 2.24 bits per heavy atom. The number of rotatable bonds is 2. The van der Waals surface area contributed by atoms with Gasteiger partial charge in [0, 0.05) is 6.61 Å². The summed E-state index contributed by atoms with van der Waals surface area (Å²) in [7, 11) is 0. The molecular weight excluding hydrogens is 220 g/mol. The lowest BCUT2D eigenvalue weighted by atomic mass is 9.93. The molecule has 0 aliphatic carbocycles. The molecule has 96 valence electrons. The van der Waals surface area contributed by atoms with Crippen molar-refractivity contribution >= 4 is 11.8 Å². The molecule has 17 heavy (non-hydrogen) atoms. The van der Waals surface area contributed by atoms with Crippen LogP contribution in [0.15, 0.2) is 0 Å². The van der Waals surface area contributed by atoms with E-state index in [0.29, 0.717) is 19.6 Å². The lowest BCUT2D eigenvalue weighted by Gasteiger charge is -2.46. The first-order valence-electron chi connectivity index (χ1n) is 6.21. The lowest BCUT2D eigenvalue weighted by molar-refractivity contribution is -0.155. The summed E-state index contributed by atoms with van der Waals surface area (Å²) >= 11 is 0. The molecule has 2 heterocycles. The van der Waals surface area contributed by atoms with E-state index in [2.05, 4.69) is 5.32 Å². The lowest BCUT2D eigenvalue weighted by Crippen LogP contribution is -2.68. The molecule has 1 N–H and O–H groups in total. The van der Waals surface area contributed by atoms with Crippen molar-refractivity contribution in [3.8, 4) is 0 Å². The summed E-state index contributed by atoms with van der Waals surface area (Å²) in [5, 5.41) is 2.77. The molecule has 5 nitrogen and oxygen atoms in total. The van der Waals surface area contributed by atoms with Gasteiger partial charge < -0.3 is 15.0 Å². The molecule has 0 saturated carbocycles. The first-order chi connectivity index (χ1) is 7.99. The number of piperazine rings is 1. The molecule has 0 aromatic carbocycles. The molecule has 2 fully saturated rings. The van der Waals surface area contributed by atoms with Gasteiger partial charge in [-0.3, -0.25) is 9.59 Å². The molecule has 5 heteroatoms. The minimum atomic E-state index is -0.406. The third-order valence-corrected chi connectivity index (χ3v) is 3.81. The molecule has 2 aliphatic heterocycles. The van der Waals surface area contributed by atoms with Gasteiger partial charge in [-0.15, -0.1) is 0 Å². The van der Waals surface area contributed by atoms with E-state index in [9.17, 15) is 9.59 Å². The van der Waals surface area contributed by atoms with Gasteiger partial charge >= 0.3 is 0 Å². The second-order valence-electron chi connectivity index (χ2n) is 5.15. The Kier molecular flexibility index (Phi) is 3.12. The van der Waals surface area contributed by atoms with Crippen LogP contribution in [0.5, 0.6) is 0 Å². The van der Waals surface area contributed by atoms with Crippen LogP contribution in [0.2, 0.25) is 0 Å². The summed E-state index contributed by atoms with van der Waals surface area (Å²) in [4.78, 5) is 26.0. The number of hydrogen-bond donors (Lipinski definition) is 1. The molecular formula is C12H20N2O3. The highest BCUT2D eigenvalue weighted by molar-refractivity contribution is 5.97. The summed E-state index contributed by atoms with van der Waals surface area (Å²) in [5.74, 6) is -0.0443. The summed E-state index contributed by atoms with van der Waals surface area (Å²) < 4.78 is 5.39. The highest BCUT2D eigenvalue weighted by Crippen LogP contribution is 2.30. The van der Waals surface area contributed by atoms with Crippen LogP contribution in [0.25, 0.3) is 0 Å². The van der Waals surface area contributed by atoms with Crippen molar-refractivity contribution < 1.29 is 14.3 Å². The van der Waals surface area contributed by atoms with Crippen LogP contribution in [0, 0.1) is 0 Å². The predicted octanol–water partition coefficient (Wildman–Crippen LogP) is 0.291. The molecule has 0 aromatic heterocycles. The van der Waals surface area contributed by atoms with Crippen molar-refractivity contribution in [3.63, 3.8) is 0 Å². The van der Waals surface area contributed by atoms with Crippen molar-refractivity contribution in [2.45, 2.75) is 51.2 Å². The first kappa shape index (κ1) is 12.4. The zero-order valence-electron chi connectivity index (χ0n) is 10.7. The molecule has 2 aliphatic rings. The first-order valence-corrected chi connectivity index (χ1v) is 6.21. The Morgan fingerprint density at radius 1 is 1.53 bits per heavy atom. The number of ether oxygens (including phenoxy) is 1. The summed E-state index contributed by atoms with van der Waals surface area (Å²) in [6, 6.07) is -0.784. The van der Waals surface area contributed by atoms with Gasteiger partial charge in [0.2, 0.25) is 11.8 Å². The molecule has 2 saturated heterocycles. The predicted molar refractivity (Wildman–Crippen MR) is 62.4 cm³/mol. The van der Waals surface area contributed by atoms with Gasteiger partial charge in [-0.1, -0.05) is 6.92 Å². The van der Waals surface area contributed by atoms with Crippen LogP contribution in [0.4, 0.5) is 0 Å². The number of carbonyl (C=O) groups is 2.